The topological polar surface area (TPSA) is 94.8 Å². The van der Waals surface area contributed by atoms with Crippen molar-refractivity contribution >= 4 is 15.6 Å². The first-order valence-electron chi connectivity index (χ1n) is 2.18. The Kier molecular flexibility index (Phi) is 3.63. The zero-order valence-electron chi connectivity index (χ0n) is 4.52. The Morgan fingerprint density at radius 2 is 1.89 bits per heavy atom. The van der Waals surface area contributed by atoms with Gasteiger partial charge in [-0.3, -0.25) is 9.13 Å². The minimum atomic E-state index is -4.05. The molecule has 0 aromatic heterocycles. The van der Waals surface area contributed by atoms with E-state index in [9.17, 15) is 9.13 Å². The van der Waals surface area contributed by atoms with Crippen LogP contribution < -0.4 is 0 Å². The van der Waals surface area contributed by atoms with Crippen LogP contribution in [0.5, 0.6) is 0 Å². The molecular weight excluding hydrogens is 166 g/mol. The highest BCUT2D eigenvalue weighted by atomic mass is 31.2. The van der Waals surface area contributed by atoms with Gasteiger partial charge in [-0.05, 0) is 0 Å². The lowest BCUT2D eigenvalue weighted by Gasteiger charge is -1.98. The molecule has 0 spiro atoms. The van der Waals surface area contributed by atoms with Crippen LogP contribution in [0.3, 0.4) is 0 Å². The Bertz CT molecular complexity index is 147. The van der Waals surface area contributed by atoms with E-state index in [1.54, 1.807) is 0 Å². The lowest BCUT2D eigenvalue weighted by Crippen LogP contribution is -1.89. The van der Waals surface area contributed by atoms with Crippen molar-refractivity contribution in [2.24, 2.45) is 0 Å². The van der Waals surface area contributed by atoms with Crippen LogP contribution in [0.4, 0.5) is 0 Å². The van der Waals surface area contributed by atoms with E-state index in [0.29, 0.717) is 0 Å². The highest BCUT2D eigenvalue weighted by Gasteiger charge is 2.12. The van der Waals surface area contributed by atoms with Crippen molar-refractivity contribution in [3.05, 3.63) is 0 Å². The lowest BCUT2D eigenvalue weighted by atomic mass is 11.0. The molecule has 0 saturated carbocycles. The molecule has 0 aliphatic carbocycles. The van der Waals surface area contributed by atoms with Crippen LogP contribution in [0.1, 0.15) is 0 Å². The van der Waals surface area contributed by atoms with E-state index in [1.165, 1.54) is 0 Å². The standard InChI is InChI=1S/C2H8O5P2/c3-8(4)1-2-9(5,6)7/h8H,1-2H2,(H,3,4)(H2,5,6,7). The smallest absolute Gasteiger partial charge is 0.326 e. The largest absolute Gasteiger partial charge is 0.346 e. The molecule has 0 bridgehead atoms. The third kappa shape index (κ3) is 8.34. The van der Waals surface area contributed by atoms with Crippen molar-refractivity contribution in [2.75, 3.05) is 12.3 Å². The minimum absolute atomic E-state index is 0.297. The summed E-state index contributed by atoms with van der Waals surface area (Å²) in [5, 5.41) is 0. The van der Waals surface area contributed by atoms with Crippen LogP contribution in [0.25, 0.3) is 0 Å². The predicted octanol–water partition coefficient (Wildman–Crippen LogP) is -0.369. The Hall–Kier alpha value is 0.340. The second kappa shape index (κ2) is 3.49. The minimum Gasteiger partial charge on any atom is -0.346 e. The molecule has 3 N–H and O–H groups in total. The van der Waals surface area contributed by atoms with Crippen LogP contribution in [0.2, 0.25) is 0 Å². The monoisotopic (exact) mass is 174 g/mol. The van der Waals surface area contributed by atoms with E-state index >= 15 is 0 Å². The maximum Gasteiger partial charge on any atom is 0.326 e. The maximum absolute atomic E-state index is 10.00. The van der Waals surface area contributed by atoms with Crippen molar-refractivity contribution in [2.45, 2.75) is 0 Å². The number of hydrogen-bond donors (Lipinski definition) is 3. The molecule has 0 radical (unpaired) electrons. The summed E-state index contributed by atoms with van der Waals surface area (Å²) >= 11 is 0. The van der Waals surface area contributed by atoms with Crippen molar-refractivity contribution < 1.29 is 23.8 Å². The summed E-state index contributed by atoms with van der Waals surface area (Å²) in [6, 6.07) is 0. The first kappa shape index (κ1) is 9.34. The van der Waals surface area contributed by atoms with Crippen LogP contribution in [-0.2, 0) is 9.13 Å². The van der Waals surface area contributed by atoms with Gasteiger partial charge in [-0.15, -0.1) is 0 Å². The van der Waals surface area contributed by atoms with Crippen molar-refractivity contribution in [3.8, 4) is 0 Å². The third-order valence-corrected chi connectivity index (χ3v) is 2.52. The van der Waals surface area contributed by atoms with Gasteiger partial charge in [0.15, 0.2) is 8.03 Å². The summed E-state index contributed by atoms with van der Waals surface area (Å²) in [6.45, 7) is 0. The summed E-state index contributed by atoms with van der Waals surface area (Å²) in [6.07, 6.45) is -0.795. The summed E-state index contributed by atoms with van der Waals surface area (Å²) in [7, 11) is -6.76. The fourth-order valence-electron chi connectivity index (χ4n) is 0.241. The molecule has 9 heavy (non-hydrogen) atoms. The maximum atomic E-state index is 10.00. The molecule has 0 rings (SSSR count). The third-order valence-electron chi connectivity index (χ3n) is 0.617. The lowest BCUT2D eigenvalue weighted by molar-refractivity contribution is 0.374. The van der Waals surface area contributed by atoms with Crippen LogP contribution in [0.15, 0.2) is 0 Å². The molecule has 0 aromatic carbocycles. The second-order valence-corrected chi connectivity index (χ2v) is 4.60. The van der Waals surface area contributed by atoms with Gasteiger partial charge in [0.05, 0.1) is 6.16 Å². The molecule has 56 valence electrons. The van der Waals surface area contributed by atoms with Crippen molar-refractivity contribution in [1.82, 2.24) is 0 Å². The van der Waals surface area contributed by atoms with Gasteiger partial charge in [-0.25, -0.2) is 0 Å². The average Bonchev–Trinajstić information content (AvgIpc) is 1.59. The molecule has 1 atom stereocenters. The molecule has 0 fully saturated rings. The average molecular weight is 174 g/mol. The van der Waals surface area contributed by atoms with Gasteiger partial charge in [0.25, 0.3) is 0 Å². The zero-order valence-corrected chi connectivity index (χ0v) is 6.41. The summed E-state index contributed by atoms with van der Waals surface area (Å²) in [5.74, 6) is 0. The summed E-state index contributed by atoms with van der Waals surface area (Å²) < 4.78 is 19.9. The molecule has 1 unspecified atom stereocenters. The van der Waals surface area contributed by atoms with Gasteiger partial charge in [0.1, 0.15) is 0 Å². The van der Waals surface area contributed by atoms with Gasteiger partial charge in [0, 0.05) is 6.16 Å². The Labute approximate surface area is 52.7 Å². The number of rotatable bonds is 3. The summed E-state index contributed by atoms with van der Waals surface area (Å²) in [5.41, 5.74) is 0. The van der Waals surface area contributed by atoms with E-state index in [0.717, 1.165) is 0 Å². The molecule has 0 aromatic rings. The quantitative estimate of drug-likeness (QED) is 0.507. The van der Waals surface area contributed by atoms with Gasteiger partial charge < -0.3 is 14.7 Å². The fraction of sp³-hybridized carbons (Fsp3) is 1.00. The van der Waals surface area contributed by atoms with Gasteiger partial charge in [-0.2, -0.15) is 0 Å². The first-order chi connectivity index (χ1) is 3.92. The Balaban J connectivity index is 3.53. The molecular formula is C2H8O5P2. The molecule has 0 aliphatic rings. The second-order valence-electron chi connectivity index (χ2n) is 1.53. The van der Waals surface area contributed by atoms with Crippen LogP contribution >= 0.6 is 15.6 Å². The SMILES string of the molecule is O=[PH](O)CCP(=O)(O)O. The zero-order chi connectivity index (χ0) is 7.49. The highest BCUT2D eigenvalue weighted by molar-refractivity contribution is 7.53. The fourth-order valence-corrected chi connectivity index (χ4v) is 2.17. The molecule has 0 aliphatic heterocycles. The normalized spacial score (nSPS) is 15.4. The Morgan fingerprint density at radius 3 is 2.00 bits per heavy atom. The molecule has 0 saturated heterocycles. The highest BCUT2D eigenvalue weighted by Crippen LogP contribution is 2.36. The van der Waals surface area contributed by atoms with E-state index in [-0.39, 0.29) is 6.16 Å². The van der Waals surface area contributed by atoms with E-state index in [2.05, 4.69) is 0 Å². The Morgan fingerprint density at radius 1 is 1.44 bits per heavy atom. The molecule has 7 heteroatoms. The van der Waals surface area contributed by atoms with E-state index < -0.39 is 21.8 Å². The van der Waals surface area contributed by atoms with Crippen LogP contribution in [0, 0.1) is 0 Å². The number of hydrogen-bond acceptors (Lipinski definition) is 2. The van der Waals surface area contributed by atoms with Crippen molar-refractivity contribution in [1.29, 1.82) is 0 Å². The molecule has 5 nitrogen and oxygen atoms in total. The van der Waals surface area contributed by atoms with E-state index in [1.807, 2.05) is 0 Å². The van der Waals surface area contributed by atoms with Crippen LogP contribution in [-0.4, -0.2) is 27.0 Å². The molecule has 0 amide bonds. The predicted molar refractivity (Wildman–Crippen MR) is 33.0 cm³/mol. The first-order valence-corrected chi connectivity index (χ1v) is 5.54. The van der Waals surface area contributed by atoms with Gasteiger partial charge >= 0.3 is 7.60 Å². The van der Waals surface area contributed by atoms with Gasteiger partial charge in [0.2, 0.25) is 0 Å². The van der Waals surface area contributed by atoms with E-state index in [4.69, 9.17) is 14.7 Å². The molecule has 0 heterocycles. The van der Waals surface area contributed by atoms with Gasteiger partial charge in [-0.1, -0.05) is 0 Å². The van der Waals surface area contributed by atoms with Crippen molar-refractivity contribution in [3.63, 3.8) is 0 Å². The summed E-state index contributed by atoms with van der Waals surface area (Å²) in [4.78, 5) is 24.4.